The number of likely N-dealkylation sites (tertiary alicyclic amines) is 1. The summed E-state index contributed by atoms with van der Waals surface area (Å²) in [6.07, 6.45) is 6.84. The SMILES string of the molecule is O=C1CO[C@H](CNc2ncnc3sccc23)CN1CC1CCN(CC2CC2)CC1. The molecule has 4 heterocycles. The fraction of sp³-hybridized carbons (Fsp3) is 0.667. The topological polar surface area (TPSA) is 70.6 Å². The summed E-state index contributed by atoms with van der Waals surface area (Å²) in [6, 6.07) is 2.04. The highest BCUT2D eigenvalue weighted by molar-refractivity contribution is 7.16. The predicted molar refractivity (Wildman–Crippen MR) is 114 cm³/mol. The zero-order chi connectivity index (χ0) is 19.6. The molecule has 0 unspecified atom stereocenters. The number of anilines is 1. The molecule has 1 aliphatic carbocycles. The van der Waals surface area contributed by atoms with Crippen LogP contribution in [0.4, 0.5) is 5.82 Å². The lowest BCUT2D eigenvalue weighted by Crippen LogP contribution is -2.51. The predicted octanol–water partition coefficient (Wildman–Crippen LogP) is 2.45. The van der Waals surface area contributed by atoms with Gasteiger partial charge in [-0.3, -0.25) is 4.79 Å². The maximum atomic E-state index is 12.4. The molecule has 0 radical (unpaired) electrons. The Labute approximate surface area is 175 Å². The quantitative estimate of drug-likeness (QED) is 0.749. The summed E-state index contributed by atoms with van der Waals surface area (Å²) in [4.78, 5) is 26.7. The first kappa shape index (κ1) is 19.2. The summed E-state index contributed by atoms with van der Waals surface area (Å²) in [7, 11) is 0. The van der Waals surface area contributed by atoms with E-state index in [1.165, 1.54) is 45.3 Å². The Kier molecular flexibility index (Phi) is 5.65. The summed E-state index contributed by atoms with van der Waals surface area (Å²) in [5.74, 6) is 2.55. The van der Waals surface area contributed by atoms with E-state index in [2.05, 4.69) is 20.2 Å². The van der Waals surface area contributed by atoms with Crippen LogP contribution in [0.25, 0.3) is 10.2 Å². The van der Waals surface area contributed by atoms with E-state index in [-0.39, 0.29) is 18.6 Å². The van der Waals surface area contributed by atoms with E-state index >= 15 is 0 Å². The van der Waals surface area contributed by atoms with Gasteiger partial charge in [-0.15, -0.1) is 11.3 Å². The van der Waals surface area contributed by atoms with Crippen LogP contribution in [0.3, 0.4) is 0 Å². The summed E-state index contributed by atoms with van der Waals surface area (Å²) >= 11 is 1.61. The number of fused-ring (bicyclic) bond motifs is 1. The van der Waals surface area contributed by atoms with Crippen LogP contribution in [0.5, 0.6) is 0 Å². The van der Waals surface area contributed by atoms with Gasteiger partial charge in [-0.05, 0) is 62.1 Å². The van der Waals surface area contributed by atoms with Gasteiger partial charge in [-0.2, -0.15) is 0 Å². The van der Waals surface area contributed by atoms with Crippen molar-refractivity contribution in [3.63, 3.8) is 0 Å². The Hall–Kier alpha value is -1.77. The summed E-state index contributed by atoms with van der Waals surface area (Å²) in [6.45, 7) is 6.03. The largest absolute Gasteiger partial charge is 0.367 e. The summed E-state index contributed by atoms with van der Waals surface area (Å²) in [5, 5.41) is 6.47. The van der Waals surface area contributed by atoms with Crippen molar-refractivity contribution >= 4 is 33.3 Å². The number of carbonyl (C=O) groups excluding carboxylic acids is 1. The number of aromatic nitrogens is 2. The van der Waals surface area contributed by atoms with Crippen molar-refractivity contribution < 1.29 is 9.53 Å². The zero-order valence-corrected chi connectivity index (χ0v) is 17.6. The third-order valence-electron chi connectivity index (χ3n) is 6.38. The maximum Gasteiger partial charge on any atom is 0.248 e. The van der Waals surface area contributed by atoms with Crippen molar-refractivity contribution in [3.8, 4) is 0 Å². The molecule has 1 N–H and O–H groups in total. The zero-order valence-electron chi connectivity index (χ0n) is 16.8. The second-order valence-corrected chi connectivity index (χ2v) is 9.56. The molecule has 2 saturated heterocycles. The first-order chi connectivity index (χ1) is 14.2. The lowest BCUT2D eigenvalue weighted by Gasteiger charge is -2.38. The van der Waals surface area contributed by atoms with E-state index < -0.39 is 0 Å². The van der Waals surface area contributed by atoms with E-state index in [4.69, 9.17) is 4.74 Å². The maximum absolute atomic E-state index is 12.4. The van der Waals surface area contributed by atoms with Gasteiger partial charge in [0.15, 0.2) is 0 Å². The number of morpholine rings is 1. The van der Waals surface area contributed by atoms with Gasteiger partial charge in [-0.1, -0.05) is 0 Å². The molecule has 29 heavy (non-hydrogen) atoms. The Balaban J connectivity index is 1.11. The van der Waals surface area contributed by atoms with Gasteiger partial charge in [-0.25, -0.2) is 9.97 Å². The van der Waals surface area contributed by atoms with Crippen molar-refractivity contribution in [1.82, 2.24) is 19.8 Å². The monoisotopic (exact) mass is 415 g/mol. The number of rotatable bonds is 7. The number of nitrogens with one attached hydrogen (secondary N) is 1. The van der Waals surface area contributed by atoms with E-state index in [0.29, 0.717) is 19.0 Å². The average molecular weight is 416 g/mol. The average Bonchev–Trinajstić information content (AvgIpc) is 3.42. The number of piperidine rings is 1. The standard InChI is InChI=1S/C21H29N5O2S/c27-19-13-28-17(9-22-20-18-5-8-29-21(18)24-14-23-20)12-26(19)11-16-3-6-25(7-4-16)10-15-1-2-15/h5,8,14-17H,1-4,6-7,9-13H2,(H,22,23,24)/t17-/m1/s1. The number of thiophene rings is 1. The molecule has 0 bridgehead atoms. The molecule has 156 valence electrons. The third kappa shape index (κ3) is 4.70. The molecule has 2 aromatic rings. The Morgan fingerprint density at radius 1 is 1.14 bits per heavy atom. The summed E-state index contributed by atoms with van der Waals surface area (Å²) in [5.41, 5.74) is 0. The number of hydrogen-bond donors (Lipinski definition) is 1. The van der Waals surface area contributed by atoms with Gasteiger partial charge in [0.25, 0.3) is 0 Å². The van der Waals surface area contributed by atoms with Gasteiger partial charge < -0.3 is 19.9 Å². The van der Waals surface area contributed by atoms with Gasteiger partial charge in [0.05, 0.1) is 11.5 Å². The molecule has 7 nitrogen and oxygen atoms in total. The fourth-order valence-electron chi connectivity index (χ4n) is 4.45. The highest BCUT2D eigenvalue weighted by Crippen LogP contribution is 2.31. The smallest absolute Gasteiger partial charge is 0.248 e. The molecule has 1 amide bonds. The molecule has 2 aliphatic heterocycles. The number of amides is 1. The lowest BCUT2D eigenvalue weighted by atomic mass is 9.95. The second kappa shape index (κ2) is 8.53. The van der Waals surface area contributed by atoms with Crippen LogP contribution in [0.15, 0.2) is 17.8 Å². The van der Waals surface area contributed by atoms with E-state index in [1.54, 1.807) is 17.7 Å². The van der Waals surface area contributed by atoms with Crippen LogP contribution in [0.1, 0.15) is 25.7 Å². The minimum absolute atomic E-state index is 0.00805. The molecule has 5 rings (SSSR count). The van der Waals surface area contributed by atoms with Gasteiger partial charge in [0.2, 0.25) is 5.91 Å². The highest BCUT2D eigenvalue weighted by atomic mass is 32.1. The molecule has 2 aromatic heterocycles. The molecule has 0 aromatic carbocycles. The minimum Gasteiger partial charge on any atom is -0.367 e. The fourth-order valence-corrected chi connectivity index (χ4v) is 5.18. The van der Waals surface area contributed by atoms with Crippen LogP contribution < -0.4 is 5.32 Å². The Morgan fingerprint density at radius 2 is 1.97 bits per heavy atom. The molecular weight excluding hydrogens is 386 g/mol. The highest BCUT2D eigenvalue weighted by Gasteiger charge is 2.31. The van der Waals surface area contributed by atoms with Crippen molar-refractivity contribution in [3.05, 3.63) is 17.8 Å². The lowest BCUT2D eigenvalue weighted by molar-refractivity contribution is -0.149. The van der Waals surface area contributed by atoms with Crippen molar-refractivity contribution in [2.24, 2.45) is 11.8 Å². The first-order valence-electron chi connectivity index (χ1n) is 10.8. The van der Waals surface area contributed by atoms with Crippen molar-refractivity contribution in [2.75, 3.05) is 51.2 Å². The van der Waals surface area contributed by atoms with Crippen LogP contribution >= 0.6 is 11.3 Å². The minimum atomic E-state index is -0.00805. The third-order valence-corrected chi connectivity index (χ3v) is 7.20. The molecular formula is C21H29N5O2S. The first-order valence-corrected chi connectivity index (χ1v) is 11.7. The van der Waals surface area contributed by atoms with Crippen molar-refractivity contribution in [1.29, 1.82) is 0 Å². The number of ether oxygens (including phenoxy) is 1. The van der Waals surface area contributed by atoms with E-state index in [9.17, 15) is 4.79 Å². The van der Waals surface area contributed by atoms with Crippen LogP contribution in [0, 0.1) is 11.8 Å². The number of hydrogen-bond acceptors (Lipinski definition) is 7. The molecule has 3 fully saturated rings. The van der Waals surface area contributed by atoms with Gasteiger partial charge in [0.1, 0.15) is 23.6 Å². The Bertz CT molecular complexity index is 846. The van der Waals surface area contributed by atoms with Gasteiger partial charge >= 0.3 is 0 Å². The molecule has 3 aliphatic rings. The molecule has 0 spiro atoms. The number of carbonyl (C=O) groups is 1. The van der Waals surface area contributed by atoms with E-state index in [1.807, 2.05) is 16.3 Å². The van der Waals surface area contributed by atoms with Crippen LogP contribution in [0.2, 0.25) is 0 Å². The van der Waals surface area contributed by atoms with E-state index in [0.717, 1.165) is 28.5 Å². The van der Waals surface area contributed by atoms with Crippen molar-refractivity contribution in [2.45, 2.75) is 31.8 Å². The normalized spacial score (nSPS) is 24.3. The number of nitrogens with zero attached hydrogens (tertiary/aromatic N) is 4. The van der Waals surface area contributed by atoms with Crippen LogP contribution in [-0.4, -0.2) is 77.7 Å². The molecule has 8 heteroatoms. The second-order valence-electron chi connectivity index (χ2n) is 8.66. The Morgan fingerprint density at radius 3 is 2.79 bits per heavy atom. The molecule has 1 atom stereocenters. The summed E-state index contributed by atoms with van der Waals surface area (Å²) < 4.78 is 5.79. The van der Waals surface area contributed by atoms with Gasteiger partial charge in [0, 0.05) is 26.2 Å². The molecule has 1 saturated carbocycles. The van der Waals surface area contributed by atoms with Crippen LogP contribution in [-0.2, 0) is 9.53 Å².